The van der Waals surface area contributed by atoms with Crippen molar-refractivity contribution in [1.29, 1.82) is 0 Å². The molecule has 0 radical (unpaired) electrons. The van der Waals surface area contributed by atoms with Crippen LogP contribution in [0.1, 0.15) is 30.6 Å². The highest BCUT2D eigenvalue weighted by atomic mass is 79.9. The van der Waals surface area contributed by atoms with Gasteiger partial charge in [0.1, 0.15) is 5.75 Å². The number of hydrogen-bond acceptors (Lipinski definition) is 3. The van der Waals surface area contributed by atoms with Gasteiger partial charge < -0.3 is 15.2 Å². The predicted octanol–water partition coefficient (Wildman–Crippen LogP) is 2.59. The van der Waals surface area contributed by atoms with Crippen molar-refractivity contribution < 1.29 is 14.6 Å². The predicted molar refractivity (Wildman–Crippen MR) is 78.5 cm³/mol. The van der Waals surface area contributed by atoms with E-state index in [0.717, 1.165) is 6.42 Å². The number of methoxy groups -OCH3 is 1. The van der Waals surface area contributed by atoms with Crippen LogP contribution in [0.5, 0.6) is 5.75 Å². The summed E-state index contributed by atoms with van der Waals surface area (Å²) in [5, 5.41) is 12.6. The standard InChI is InChI=1S/C14H20BrNO3/c1-4-9(2)13(17)8-16-14(18)11-7-10(19-3)5-6-12(11)15/h5-7,9,13,17H,4,8H2,1-3H3,(H,16,18). The summed E-state index contributed by atoms with van der Waals surface area (Å²) in [5.74, 6) is 0.554. The SMILES string of the molecule is CCC(C)C(O)CNC(=O)c1cc(OC)ccc1Br. The van der Waals surface area contributed by atoms with Gasteiger partial charge in [0, 0.05) is 11.0 Å². The maximum absolute atomic E-state index is 12.0. The van der Waals surface area contributed by atoms with Gasteiger partial charge in [0.15, 0.2) is 0 Å². The van der Waals surface area contributed by atoms with E-state index in [4.69, 9.17) is 4.74 Å². The Morgan fingerprint density at radius 3 is 2.79 bits per heavy atom. The van der Waals surface area contributed by atoms with Crippen LogP contribution in [0, 0.1) is 5.92 Å². The summed E-state index contributed by atoms with van der Waals surface area (Å²) >= 11 is 3.33. The van der Waals surface area contributed by atoms with Gasteiger partial charge in [-0.05, 0) is 40.0 Å². The molecule has 2 N–H and O–H groups in total. The minimum atomic E-state index is -0.529. The smallest absolute Gasteiger partial charge is 0.252 e. The van der Waals surface area contributed by atoms with Gasteiger partial charge in [0.25, 0.3) is 5.91 Å². The van der Waals surface area contributed by atoms with Gasteiger partial charge in [0.05, 0.1) is 18.8 Å². The van der Waals surface area contributed by atoms with Gasteiger partial charge >= 0.3 is 0 Å². The summed E-state index contributed by atoms with van der Waals surface area (Å²) in [4.78, 5) is 12.0. The summed E-state index contributed by atoms with van der Waals surface area (Å²) in [6.07, 6.45) is 0.346. The first kappa shape index (κ1) is 16.0. The lowest BCUT2D eigenvalue weighted by Crippen LogP contribution is -2.35. The highest BCUT2D eigenvalue weighted by molar-refractivity contribution is 9.10. The second kappa shape index (κ2) is 7.50. The largest absolute Gasteiger partial charge is 0.497 e. The van der Waals surface area contributed by atoms with Crippen LogP contribution in [0.2, 0.25) is 0 Å². The number of hydrogen-bond donors (Lipinski definition) is 2. The zero-order chi connectivity index (χ0) is 14.4. The van der Waals surface area contributed by atoms with Crippen LogP contribution in [-0.2, 0) is 0 Å². The molecule has 0 aliphatic heterocycles. The molecule has 0 saturated heterocycles. The molecule has 0 aromatic heterocycles. The monoisotopic (exact) mass is 329 g/mol. The van der Waals surface area contributed by atoms with Crippen molar-refractivity contribution in [3.05, 3.63) is 28.2 Å². The number of nitrogens with one attached hydrogen (secondary N) is 1. The number of amides is 1. The van der Waals surface area contributed by atoms with Crippen molar-refractivity contribution in [2.24, 2.45) is 5.92 Å². The molecule has 1 aromatic carbocycles. The van der Waals surface area contributed by atoms with E-state index in [1.54, 1.807) is 25.3 Å². The van der Waals surface area contributed by atoms with Gasteiger partial charge in [-0.3, -0.25) is 4.79 Å². The minimum Gasteiger partial charge on any atom is -0.497 e. The molecule has 0 heterocycles. The fourth-order valence-electron chi connectivity index (χ4n) is 1.57. The topological polar surface area (TPSA) is 58.6 Å². The highest BCUT2D eigenvalue weighted by Gasteiger charge is 2.16. The van der Waals surface area contributed by atoms with Crippen molar-refractivity contribution >= 4 is 21.8 Å². The molecule has 0 aliphatic carbocycles. The van der Waals surface area contributed by atoms with E-state index in [1.165, 1.54) is 0 Å². The van der Waals surface area contributed by atoms with Crippen LogP contribution >= 0.6 is 15.9 Å². The third-order valence-corrected chi connectivity index (χ3v) is 3.88. The van der Waals surface area contributed by atoms with E-state index in [9.17, 15) is 9.90 Å². The Hall–Kier alpha value is -1.07. The third kappa shape index (κ3) is 4.51. The third-order valence-electron chi connectivity index (χ3n) is 3.19. The molecule has 0 aliphatic rings. The maximum Gasteiger partial charge on any atom is 0.252 e. The number of aliphatic hydroxyl groups is 1. The molecule has 1 amide bonds. The summed E-state index contributed by atoms with van der Waals surface area (Å²) < 4.78 is 5.79. The van der Waals surface area contributed by atoms with Crippen molar-refractivity contribution in [3.63, 3.8) is 0 Å². The van der Waals surface area contributed by atoms with Crippen molar-refractivity contribution in [2.45, 2.75) is 26.4 Å². The molecule has 0 fully saturated rings. The van der Waals surface area contributed by atoms with Crippen LogP contribution in [0.4, 0.5) is 0 Å². The fraction of sp³-hybridized carbons (Fsp3) is 0.500. The van der Waals surface area contributed by atoms with Gasteiger partial charge in [-0.25, -0.2) is 0 Å². The van der Waals surface area contributed by atoms with Crippen molar-refractivity contribution in [2.75, 3.05) is 13.7 Å². The number of benzene rings is 1. The summed E-state index contributed by atoms with van der Waals surface area (Å²) in [7, 11) is 1.55. The molecule has 5 heteroatoms. The number of carbonyl (C=O) groups is 1. The molecule has 0 bridgehead atoms. The van der Waals surface area contributed by atoms with Crippen LogP contribution in [0.15, 0.2) is 22.7 Å². The van der Waals surface area contributed by atoms with Crippen LogP contribution in [-0.4, -0.2) is 30.8 Å². The summed E-state index contributed by atoms with van der Waals surface area (Å²) in [6, 6.07) is 5.20. The average molecular weight is 330 g/mol. The Labute approximate surface area is 122 Å². The van der Waals surface area contributed by atoms with Gasteiger partial charge in [-0.15, -0.1) is 0 Å². The first-order valence-electron chi connectivity index (χ1n) is 6.29. The molecule has 4 nitrogen and oxygen atoms in total. The van der Waals surface area contributed by atoms with E-state index >= 15 is 0 Å². The lowest BCUT2D eigenvalue weighted by Gasteiger charge is -2.17. The van der Waals surface area contributed by atoms with Crippen LogP contribution in [0.25, 0.3) is 0 Å². The number of rotatable bonds is 6. The second-order valence-electron chi connectivity index (χ2n) is 4.51. The summed E-state index contributed by atoms with van der Waals surface area (Å²) in [6.45, 7) is 4.21. The number of carbonyl (C=O) groups excluding carboxylic acids is 1. The Morgan fingerprint density at radius 1 is 1.53 bits per heavy atom. The van der Waals surface area contributed by atoms with Gasteiger partial charge in [0.2, 0.25) is 0 Å². The molecule has 2 atom stereocenters. The van der Waals surface area contributed by atoms with E-state index in [1.807, 2.05) is 13.8 Å². The maximum atomic E-state index is 12.0. The average Bonchev–Trinajstić information content (AvgIpc) is 2.43. The molecule has 1 rings (SSSR count). The number of ether oxygens (including phenoxy) is 1. The van der Waals surface area contributed by atoms with E-state index in [-0.39, 0.29) is 18.4 Å². The number of aliphatic hydroxyl groups excluding tert-OH is 1. The van der Waals surface area contributed by atoms with E-state index in [0.29, 0.717) is 15.8 Å². The quantitative estimate of drug-likeness (QED) is 0.843. The second-order valence-corrected chi connectivity index (χ2v) is 5.36. The van der Waals surface area contributed by atoms with Gasteiger partial charge in [-0.1, -0.05) is 20.3 Å². The fourth-order valence-corrected chi connectivity index (χ4v) is 2.00. The lowest BCUT2D eigenvalue weighted by molar-refractivity contribution is 0.0849. The van der Waals surface area contributed by atoms with Crippen LogP contribution < -0.4 is 10.1 Å². The normalized spacial score (nSPS) is 13.7. The first-order chi connectivity index (χ1) is 8.99. The molecule has 106 valence electrons. The van der Waals surface area contributed by atoms with Crippen molar-refractivity contribution in [3.8, 4) is 5.75 Å². The zero-order valence-corrected chi connectivity index (χ0v) is 13.0. The molecule has 1 aromatic rings. The van der Waals surface area contributed by atoms with E-state index in [2.05, 4.69) is 21.2 Å². The first-order valence-corrected chi connectivity index (χ1v) is 7.08. The molecule has 19 heavy (non-hydrogen) atoms. The molecular formula is C14H20BrNO3. The molecule has 2 unspecified atom stereocenters. The number of halogens is 1. The minimum absolute atomic E-state index is 0.161. The Morgan fingerprint density at radius 2 is 2.21 bits per heavy atom. The van der Waals surface area contributed by atoms with Gasteiger partial charge in [-0.2, -0.15) is 0 Å². The summed E-state index contributed by atoms with van der Waals surface area (Å²) in [5.41, 5.74) is 0.496. The Kier molecular flexibility index (Phi) is 6.31. The highest BCUT2D eigenvalue weighted by Crippen LogP contribution is 2.22. The van der Waals surface area contributed by atoms with E-state index < -0.39 is 6.10 Å². The molecule has 0 spiro atoms. The lowest BCUT2D eigenvalue weighted by atomic mass is 10.0. The molecule has 0 saturated carbocycles. The van der Waals surface area contributed by atoms with Crippen LogP contribution in [0.3, 0.4) is 0 Å². The van der Waals surface area contributed by atoms with Crippen molar-refractivity contribution in [1.82, 2.24) is 5.32 Å². The molecular weight excluding hydrogens is 310 g/mol. The zero-order valence-electron chi connectivity index (χ0n) is 11.4. The Bertz CT molecular complexity index is 437. The Balaban J connectivity index is 2.68.